The highest BCUT2D eigenvalue weighted by Crippen LogP contribution is 2.09. The molecule has 0 aliphatic carbocycles. The minimum atomic E-state index is -0.775. The van der Waals surface area contributed by atoms with Crippen LogP contribution in [0.25, 0.3) is 0 Å². The number of hydrogen-bond acceptors (Lipinski definition) is 4. The molecule has 0 bridgehead atoms. The molecule has 18 heavy (non-hydrogen) atoms. The molecule has 3 N–H and O–H groups in total. The van der Waals surface area contributed by atoms with Crippen molar-refractivity contribution in [1.29, 1.82) is 16.1 Å². The molecule has 0 radical (unpaired) electrons. The zero-order chi connectivity index (χ0) is 13.5. The van der Waals surface area contributed by atoms with Crippen molar-refractivity contribution in [2.24, 2.45) is 0 Å². The van der Waals surface area contributed by atoms with Crippen molar-refractivity contribution in [3.63, 3.8) is 0 Å². The zero-order valence-electron chi connectivity index (χ0n) is 9.40. The minimum Gasteiger partial charge on any atom is -0.339 e. The molecule has 0 aliphatic heterocycles. The van der Waals surface area contributed by atoms with Crippen LogP contribution in [0.3, 0.4) is 0 Å². The smallest absolute Gasteiger partial charge is 0.252 e. The van der Waals surface area contributed by atoms with Gasteiger partial charge in [0.05, 0.1) is 11.8 Å². The van der Waals surface area contributed by atoms with Gasteiger partial charge in [0.25, 0.3) is 5.91 Å². The molecular weight excluding hydrogens is 252 g/mol. The average molecular weight is 263 g/mol. The Hall–Kier alpha value is -2.19. The predicted molar refractivity (Wildman–Crippen MR) is 69.6 cm³/mol. The number of hydrogen-bond donors (Lipinski definition) is 3. The summed E-state index contributed by atoms with van der Waals surface area (Å²) >= 11 is 5.74. The Morgan fingerprint density at radius 3 is 2.50 bits per heavy atom. The van der Waals surface area contributed by atoms with Gasteiger partial charge in [-0.15, -0.1) is 11.6 Å². The third kappa shape index (κ3) is 3.40. The molecule has 0 aliphatic rings. The lowest BCUT2D eigenvalue weighted by atomic mass is 10.1. The number of amides is 1. The first kappa shape index (κ1) is 13.9. The third-order valence-electron chi connectivity index (χ3n) is 2.21. The van der Waals surface area contributed by atoms with Gasteiger partial charge >= 0.3 is 0 Å². The van der Waals surface area contributed by atoms with Crippen molar-refractivity contribution in [2.75, 3.05) is 6.54 Å². The van der Waals surface area contributed by atoms with E-state index in [4.69, 9.17) is 27.7 Å². The lowest BCUT2D eigenvalue weighted by Crippen LogP contribution is -2.23. The Labute approximate surface area is 109 Å². The van der Waals surface area contributed by atoms with Crippen LogP contribution in [-0.2, 0) is 0 Å². The van der Waals surface area contributed by atoms with E-state index in [1.165, 1.54) is 0 Å². The van der Waals surface area contributed by atoms with Crippen LogP contribution in [0.5, 0.6) is 0 Å². The van der Waals surface area contributed by atoms with E-state index in [-0.39, 0.29) is 18.2 Å². The van der Waals surface area contributed by atoms with Gasteiger partial charge < -0.3 is 16.1 Å². The van der Waals surface area contributed by atoms with Gasteiger partial charge in [0, 0.05) is 11.8 Å². The number of nitriles is 1. The van der Waals surface area contributed by atoms with Crippen LogP contribution in [-0.4, -0.2) is 29.8 Å². The number of nitrogens with zero attached hydrogens (tertiary/aromatic N) is 1. The maximum Gasteiger partial charge on any atom is 0.252 e. The largest absolute Gasteiger partial charge is 0.339 e. The monoisotopic (exact) mass is 262 g/mol. The van der Waals surface area contributed by atoms with Gasteiger partial charge in [0.15, 0.2) is 0 Å². The van der Waals surface area contributed by atoms with Crippen molar-refractivity contribution in [3.05, 3.63) is 35.4 Å². The molecule has 0 spiro atoms. The van der Waals surface area contributed by atoms with E-state index in [2.05, 4.69) is 5.32 Å². The summed E-state index contributed by atoms with van der Waals surface area (Å²) in [6.07, 6.45) is 0.970. The zero-order valence-corrected chi connectivity index (χ0v) is 10.2. The van der Waals surface area contributed by atoms with Gasteiger partial charge in [-0.1, -0.05) is 12.1 Å². The van der Waals surface area contributed by atoms with Gasteiger partial charge in [-0.25, -0.2) is 0 Å². The van der Waals surface area contributed by atoms with E-state index in [0.717, 1.165) is 6.21 Å². The van der Waals surface area contributed by atoms with Crippen LogP contribution in [0.4, 0.5) is 0 Å². The molecule has 1 atom stereocenters. The molecule has 1 aromatic carbocycles. The van der Waals surface area contributed by atoms with E-state index in [1.807, 2.05) is 6.07 Å². The van der Waals surface area contributed by atoms with E-state index < -0.39 is 5.38 Å². The average Bonchev–Trinajstić information content (AvgIpc) is 2.43. The second-order valence-electron chi connectivity index (χ2n) is 3.40. The number of carbonyl (C=O) groups is 1. The molecule has 0 heterocycles. The number of benzene rings is 1. The summed E-state index contributed by atoms with van der Waals surface area (Å²) in [6, 6.07) is 8.08. The highest BCUT2D eigenvalue weighted by atomic mass is 35.5. The summed E-state index contributed by atoms with van der Waals surface area (Å²) < 4.78 is 0. The maximum atomic E-state index is 11.5. The molecule has 1 unspecified atom stereocenters. The number of alkyl halides is 1. The summed E-state index contributed by atoms with van der Waals surface area (Å²) in [5.74, 6) is -0.343. The van der Waals surface area contributed by atoms with Crippen LogP contribution >= 0.6 is 11.6 Å². The lowest BCUT2D eigenvalue weighted by molar-refractivity contribution is 0.0958. The molecule has 1 aromatic rings. The molecule has 92 valence electrons. The van der Waals surface area contributed by atoms with E-state index in [9.17, 15) is 4.79 Å². The van der Waals surface area contributed by atoms with Crippen LogP contribution in [0.15, 0.2) is 24.3 Å². The first-order valence-corrected chi connectivity index (χ1v) is 5.52. The number of carbonyl (C=O) groups excluding carboxylic acids is 1. The van der Waals surface area contributed by atoms with Crippen LogP contribution in [0.1, 0.15) is 15.9 Å². The second-order valence-corrected chi connectivity index (χ2v) is 3.87. The standard InChI is InChI=1S/C12H11ClN4O/c13-10(7-15)11(16)8-1-3-9(4-2-8)12(18)17-6-5-14/h1-4,7,10,15-16H,6H2,(H,17,18). The fourth-order valence-electron chi connectivity index (χ4n) is 1.27. The lowest BCUT2D eigenvalue weighted by Gasteiger charge is -2.07. The van der Waals surface area contributed by atoms with Crippen molar-refractivity contribution in [1.82, 2.24) is 5.32 Å². The summed E-state index contributed by atoms with van der Waals surface area (Å²) in [4.78, 5) is 11.5. The molecule has 1 rings (SSSR count). The molecule has 0 fully saturated rings. The Kier molecular flexibility index (Phi) is 5.03. The second kappa shape index (κ2) is 6.52. The fraction of sp³-hybridized carbons (Fsp3) is 0.167. The Morgan fingerprint density at radius 2 is 2.00 bits per heavy atom. The number of nitrogens with one attached hydrogen (secondary N) is 3. The normalized spacial score (nSPS) is 11.1. The number of rotatable bonds is 5. The van der Waals surface area contributed by atoms with Crippen molar-refractivity contribution in [3.8, 4) is 6.07 Å². The SMILES string of the molecule is N#CCNC(=O)c1ccc(C(=N)C(Cl)C=N)cc1. The Balaban J connectivity index is 2.80. The Morgan fingerprint density at radius 1 is 1.44 bits per heavy atom. The van der Waals surface area contributed by atoms with Crippen LogP contribution in [0.2, 0.25) is 0 Å². The summed E-state index contributed by atoms with van der Waals surface area (Å²) in [5.41, 5.74) is 1.06. The van der Waals surface area contributed by atoms with E-state index >= 15 is 0 Å². The quantitative estimate of drug-likeness (QED) is 0.426. The minimum absolute atomic E-state index is 0.0477. The maximum absolute atomic E-state index is 11.5. The highest BCUT2D eigenvalue weighted by Gasteiger charge is 2.11. The highest BCUT2D eigenvalue weighted by molar-refractivity contribution is 6.42. The first-order chi connectivity index (χ1) is 8.60. The van der Waals surface area contributed by atoms with E-state index in [0.29, 0.717) is 11.1 Å². The fourth-order valence-corrected chi connectivity index (χ4v) is 1.39. The molecule has 0 aromatic heterocycles. The van der Waals surface area contributed by atoms with Gasteiger partial charge in [-0.2, -0.15) is 5.26 Å². The Bertz CT molecular complexity index is 504. The van der Waals surface area contributed by atoms with Gasteiger partial charge in [0.2, 0.25) is 0 Å². The molecule has 1 amide bonds. The predicted octanol–water partition coefficient (Wildman–Crippen LogP) is 1.56. The van der Waals surface area contributed by atoms with Crippen molar-refractivity contribution in [2.45, 2.75) is 5.38 Å². The third-order valence-corrected chi connectivity index (χ3v) is 2.55. The van der Waals surface area contributed by atoms with Crippen LogP contribution < -0.4 is 5.32 Å². The summed E-state index contributed by atoms with van der Waals surface area (Å²) in [7, 11) is 0. The van der Waals surface area contributed by atoms with Gasteiger partial charge in [-0.3, -0.25) is 4.79 Å². The molecule has 0 saturated heterocycles. The van der Waals surface area contributed by atoms with Gasteiger partial charge in [-0.05, 0) is 17.7 Å². The van der Waals surface area contributed by atoms with Crippen molar-refractivity contribution < 1.29 is 4.79 Å². The first-order valence-electron chi connectivity index (χ1n) is 5.09. The molecule has 5 nitrogen and oxygen atoms in total. The molecule has 0 saturated carbocycles. The number of halogens is 1. The molecular formula is C12H11ClN4O. The summed E-state index contributed by atoms with van der Waals surface area (Å²) in [6.45, 7) is -0.0477. The van der Waals surface area contributed by atoms with Gasteiger partial charge in [0.1, 0.15) is 11.9 Å². The molecule has 6 heteroatoms. The summed E-state index contributed by atoms with van der Waals surface area (Å²) in [5, 5.41) is 24.7. The topological polar surface area (TPSA) is 101 Å². The van der Waals surface area contributed by atoms with Crippen molar-refractivity contribution >= 4 is 29.4 Å². The van der Waals surface area contributed by atoms with E-state index in [1.54, 1.807) is 24.3 Å². The van der Waals surface area contributed by atoms with Crippen LogP contribution in [0, 0.1) is 22.1 Å².